The maximum atomic E-state index is 14.0. The van der Waals surface area contributed by atoms with Gasteiger partial charge in [-0.05, 0) is 81.7 Å². The van der Waals surface area contributed by atoms with Crippen LogP contribution in [0, 0.1) is 16.7 Å². The summed E-state index contributed by atoms with van der Waals surface area (Å²) in [5.41, 5.74) is -2.14. The topological polar surface area (TPSA) is 92.7 Å². The summed E-state index contributed by atoms with van der Waals surface area (Å²) in [6.45, 7) is 12.2. The molecule has 2 bridgehead atoms. The first-order chi connectivity index (χ1) is 15.8. The van der Waals surface area contributed by atoms with E-state index < -0.39 is 22.5 Å². The highest BCUT2D eigenvalue weighted by molar-refractivity contribution is 6.15. The minimum atomic E-state index is -1.54. The minimum absolute atomic E-state index is 0.0638. The zero-order valence-electron chi connectivity index (χ0n) is 21.2. The molecule has 2 N–H and O–H groups in total. The van der Waals surface area contributed by atoms with Crippen LogP contribution in [0.15, 0.2) is 34.9 Å². The monoisotopic (exact) mass is 467 g/mol. The fourth-order valence-corrected chi connectivity index (χ4v) is 7.28. The van der Waals surface area contributed by atoms with Crippen molar-refractivity contribution in [3.8, 4) is 0 Å². The predicted molar refractivity (Wildman–Crippen MR) is 128 cm³/mol. The lowest BCUT2D eigenvalue weighted by Gasteiger charge is -2.53. The smallest absolute Gasteiger partial charge is 0.183 e. The van der Waals surface area contributed by atoms with Crippen molar-refractivity contribution in [2.75, 3.05) is 0 Å². The molecule has 2 saturated heterocycles. The number of nitrogens with one attached hydrogen (secondary N) is 1. The number of ether oxygens (including phenoxy) is 1. The molecule has 0 aromatic rings. The van der Waals surface area contributed by atoms with Crippen LogP contribution in [0.25, 0.3) is 0 Å². The third kappa shape index (κ3) is 2.82. The van der Waals surface area contributed by atoms with Gasteiger partial charge in [0.1, 0.15) is 5.60 Å². The molecule has 0 aromatic heterocycles. The van der Waals surface area contributed by atoms with Gasteiger partial charge in [-0.15, -0.1) is 0 Å². The fraction of sp³-hybridized carbons (Fsp3) is 0.679. The van der Waals surface area contributed by atoms with Crippen LogP contribution < -0.4 is 5.32 Å². The number of aliphatic hydroxyl groups is 1. The Bertz CT molecular complexity index is 1080. The standard InChI is InChI=1S/C28H37NO5/c1-7-21-24-27(6)23(32)14-17-18(13-20(31)19-12-16(30)10-11-26(17,19)5)28(27,33)22(29-24)9-8-15(2)25(3,4)34-21/h12-15,21-22,24,29,33H,7-11H2,1-6H3/t15-,21?,22?,24?,26?,27+,28?/m0/s1. The number of hydrogen-bond donors (Lipinski definition) is 2. The lowest BCUT2D eigenvalue weighted by atomic mass is 9.51. The van der Waals surface area contributed by atoms with Gasteiger partial charge >= 0.3 is 0 Å². The van der Waals surface area contributed by atoms with Gasteiger partial charge < -0.3 is 15.2 Å². The average molecular weight is 468 g/mol. The van der Waals surface area contributed by atoms with Crippen LogP contribution in [0.4, 0.5) is 0 Å². The Labute approximate surface area is 201 Å². The van der Waals surface area contributed by atoms with Crippen molar-refractivity contribution >= 4 is 17.3 Å². The summed E-state index contributed by atoms with van der Waals surface area (Å²) in [5, 5.41) is 16.3. The molecule has 2 heterocycles. The molecule has 184 valence electrons. The van der Waals surface area contributed by atoms with E-state index in [2.05, 4.69) is 33.0 Å². The molecule has 3 aliphatic carbocycles. The zero-order chi connectivity index (χ0) is 24.8. The second-order valence-corrected chi connectivity index (χ2v) is 12.0. The Kier molecular flexibility index (Phi) is 5.13. The van der Waals surface area contributed by atoms with E-state index in [-0.39, 0.29) is 41.0 Å². The van der Waals surface area contributed by atoms with Crippen LogP contribution in [0.2, 0.25) is 0 Å². The van der Waals surface area contributed by atoms with Gasteiger partial charge in [-0.2, -0.15) is 0 Å². The second kappa shape index (κ2) is 7.31. The predicted octanol–water partition coefficient (Wildman–Crippen LogP) is 3.38. The molecule has 5 unspecified atom stereocenters. The van der Waals surface area contributed by atoms with Crippen molar-refractivity contribution in [1.29, 1.82) is 0 Å². The molecule has 0 amide bonds. The van der Waals surface area contributed by atoms with Gasteiger partial charge in [0.25, 0.3) is 0 Å². The third-order valence-corrected chi connectivity index (χ3v) is 10.00. The number of carbonyl (C=O) groups is 3. The molecule has 0 radical (unpaired) electrons. The number of fused-ring (bicyclic) bond motifs is 9. The summed E-state index contributed by atoms with van der Waals surface area (Å²) >= 11 is 0. The molecular weight excluding hydrogens is 430 g/mol. The van der Waals surface area contributed by atoms with Crippen molar-refractivity contribution in [2.45, 2.75) is 103 Å². The lowest BCUT2D eigenvalue weighted by molar-refractivity contribution is -0.156. The van der Waals surface area contributed by atoms with Gasteiger partial charge in [-0.3, -0.25) is 14.4 Å². The molecule has 5 aliphatic rings. The van der Waals surface area contributed by atoms with Gasteiger partial charge in [0.2, 0.25) is 0 Å². The summed E-state index contributed by atoms with van der Waals surface area (Å²) in [7, 11) is 0. The first kappa shape index (κ1) is 23.8. The van der Waals surface area contributed by atoms with Crippen molar-refractivity contribution < 1.29 is 24.2 Å². The van der Waals surface area contributed by atoms with E-state index >= 15 is 0 Å². The SMILES string of the molecule is CCC1OC(C)(C)[C@@H](C)CCC2NC1[C@@]1(C)C(=O)C=C3C(=CC(=O)C4=CC(=O)CCC43C)C21O. The van der Waals surface area contributed by atoms with Crippen LogP contribution in [0.1, 0.15) is 73.6 Å². The minimum Gasteiger partial charge on any atom is -0.382 e. The molecule has 6 nitrogen and oxygen atoms in total. The molecule has 0 aromatic carbocycles. The third-order valence-electron chi connectivity index (χ3n) is 10.00. The van der Waals surface area contributed by atoms with E-state index in [4.69, 9.17) is 4.74 Å². The van der Waals surface area contributed by atoms with E-state index in [0.717, 1.165) is 6.42 Å². The van der Waals surface area contributed by atoms with Crippen molar-refractivity contribution in [3.63, 3.8) is 0 Å². The van der Waals surface area contributed by atoms with E-state index in [1.807, 2.05) is 13.8 Å². The highest BCUT2D eigenvalue weighted by Gasteiger charge is 2.71. The average Bonchev–Trinajstić information content (AvgIpc) is 3.04. The Morgan fingerprint density at radius 1 is 1.03 bits per heavy atom. The lowest BCUT2D eigenvalue weighted by Crippen LogP contribution is -2.63. The summed E-state index contributed by atoms with van der Waals surface area (Å²) in [6, 6.07) is -0.779. The summed E-state index contributed by atoms with van der Waals surface area (Å²) in [5.74, 6) is -0.182. The second-order valence-electron chi connectivity index (χ2n) is 12.0. The van der Waals surface area contributed by atoms with Crippen molar-refractivity contribution in [1.82, 2.24) is 5.32 Å². The fourth-order valence-electron chi connectivity index (χ4n) is 7.28. The van der Waals surface area contributed by atoms with Gasteiger partial charge in [0, 0.05) is 29.5 Å². The zero-order valence-corrected chi connectivity index (χ0v) is 21.2. The molecule has 6 heteroatoms. The molecule has 0 saturated carbocycles. The largest absolute Gasteiger partial charge is 0.382 e. The van der Waals surface area contributed by atoms with Gasteiger partial charge in [-0.25, -0.2) is 0 Å². The van der Waals surface area contributed by atoms with Crippen LogP contribution in [-0.4, -0.2) is 51.8 Å². The van der Waals surface area contributed by atoms with Crippen LogP contribution in [-0.2, 0) is 19.1 Å². The van der Waals surface area contributed by atoms with Gasteiger partial charge in [0.15, 0.2) is 17.3 Å². The maximum absolute atomic E-state index is 14.0. The normalized spacial score (nSPS) is 45.6. The first-order valence-electron chi connectivity index (χ1n) is 12.8. The van der Waals surface area contributed by atoms with Gasteiger partial charge in [0.05, 0.1) is 17.1 Å². The number of carbonyl (C=O) groups excluding carboxylic acids is 3. The van der Waals surface area contributed by atoms with Crippen LogP contribution >= 0.6 is 0 Å². The number of ketones is 3. The van der Waals surface area contributed by atoms with Crippen LogP contribution in [0.5, 0.6) is 0 Å². The number of hydrogen-bond acceptors (Lipinski definition) is 6. The van der Waals surface area contributed by atoms with E-state index in [1.165, 1.54) is 12.2 Å². The first-order valence-corrected chi connectivity index (χ1v) is 12.8. The summed E-state index contributed by atoms with van der Waals surface area (Å²) < 4.78 is 6.65. The Morgan fingerprint density at radius 3 is 2.41 bits per heavy atom. The molecule has 0 spiro atoms. The summed E-state index contributed by atoms with van der Waals surface area (Å²) in [6.07, 6.45) is 7.29. The molecular formula is C28H37NO5. The highest BCUT2D eigenvalue weighted by atomic mass is 16.5. The van der Waals surface area contributed by atoms with Crippen molar-refractivity contribution in [2.24, 2.45) is 16.7 Å². The molecule has 2 aliphatic heterocycles. The molecule has 2 fully saturated rings. The highest BCUT2D eigenvalue weighted by Crippen LogP contribution is 2.61. The van der Waals surface area contributed by atoms with Gasteiger partial charge in [-0.1, -0.05) is 20.8 Å². The number of allylic oxidation sites excluding steroid dienone is 4. The quantitative estimate of drug-likeness (QED) is 0.614. The molecule has 7 atom stereocenters. The Balaban J connectivity index is 1.72. The van der Waals surface area contributed by atoms with Crippen LogP contribution in [0.3, 0.4) is 0 Å². The van der Waals surface area contributed by atoms with Crippen molar-refractivity contribution in [3.05, 3.63) is 34.9 Å². The maximum Gasteiger partial charge on any atom is 0.183 e. The number of rotatable bonds is 1. The van der Waals surface area contributed by atoms with E-state index in [0.29, 0.717) is 42.4 Å². The summed E-state index contributed by atoms with van der Waals surface area (Å²) in [4.78, 5) is 39.5. The Hall–Kier alpha value is -1.89. The molecule has 5 rings (SSSR count). The van der Waals surface area contributed by atoms with E-state index in [1.54, 1.807) is 6.08 Å². The Morgan fingerprint density at radius 2 is 1.74 bits per heavy atom. The molecule has 34 heavy (non-hydrogen) atoms. The van der Waals surface area contributed by atoms with E-state index in [9.17, 15) is 19.5 Å².